The number of hydrogen-bond donors (Lipinski definition) is 1. The van der Waals surface area contributed by atoms with Crippen LogP contribution in [0.15, 0.2) is 35.8 Å². The Labute approximate surface area is 111 Å². The summed E-state index contributed by atoms with van der Waals surface area (Å²) in [6.45, 7) is 3.12. The maximum Gasteiger partial charge on any atom is 0.242 e. The van der Waals surface area contributed by atoms with Crippen LogP contribution < -0.4 is 5.32 Å². The average molecular weight is 255 g/mol. The fraction of sp³-hybridized carbons (Fsp3) is 0.286. The van der Waals surface area contributed by atoms with E-state index in [4.69, 9.17) is 0 Å². The minimum Gasteiger partial charge on any atom is -0.328 e. The third-order valence-electron chi connectivity index (χ3n) is 3.23. The molecule has 0 aromatic carbocycles. The van der Waals surface area contributed by atoms with E-state index in [9.17, 15) is 14.9 Å². The number of allylic oxidation sites excluding steroid dienone is 2. The quantitative estimate of drug-likeness (QED) is 0.863. The topological polar surface area (TPSA) is 82.9 Å². The number of nitrogens with one attached hydrogen (secondary N) is 1. The van der Waals surface area contributed by atoms with Crippen molar-refractivity contribution in [3.63, 3.8) is 0 Å². The molecular weight excluding hydrogens is 242 g/mol. The fourth-order valence-electron chi connectivity index (χ4n) is 2.43. The standard InChI is InChI=1S/C14H13N3O2/c1-8-12(9(2)18)13(10-3-5-16-6-4-10)11(7-15)14(19)17-8/h3-6,11,13H,1-2H3,(H,17,19)/t11-,13-/m1/s1. The number of carbonyl (C=O) groups is 2. The van der Waals surface area contributed by atoms with Crippen LogP contribution in [0, 0.1) is 17.2 Å². The molecule has 0 saturated carbocycles. The van der Waals surface area contributed by atoms with Gasteiger partial charge in [-0.3, -0.25) is 14.6 Å². The molecule has 1 aliphatic heterocycles. The van der Waals surface area contributed by atoms with Crippen molar-refractivity contribution >= 4 is 11.7 Å². The highest BCUT2D eigenvalue weighted by molar-refractivity contribution is 6.00. The maximum atomic E-state index is 11.9. The molecule has 1 aromatic rings. The molecule has 2 atom stereocenters. The van der Waals surface area contributed by atoms with E-state index in [-0.39, 0.29) is 11.7 Å². The summed E-state index contributed by atoms with van der Waals surface area (Å²) in [5, 5.41) is 11.8. The first kappa shape index (κ1) is 13.0. The second-order valence-corrected chi connectivity index (χ2v) is 4.45. The molecule has 1 amide bonds. The van der Waals surface area contributed by atoms with E-state index in [1.165, 1.54) is 6.92 Å². The van der Waals surface area contributed by atoms with E-state index in [1.807, 2.05) is 6.07 Å². The first-order valence-corrected chi connectivity index (χ1v) is 5.88. The number of aromatic nitrogens is 1. The van der Waals surface area contributed by atoms with Gasteiger partial charge < -0.3 is 5.32 Å². The van der Waals surface area contributed by atoms with Crippen LogP contribution in [0.1, 0.15) is 25.3 Å². The first-order chi connectivity index (χ1) is 9.06. The van der Waals surface area contributed by atoms with E-state index in [2.05, 4.69) is 10.3 Å². The Hall–Kier alpha value is -2.48. The van der Waals surface area contributed by atoms with Gasteiger partial charge in [0.2, 0.25) is 5.91 Å². The molecule has 0 saturated heterocycles. The zero-order valence-corrected chi connectivity index (χ0v) is 10.7. The Morgan fingerprint density at radius 2 is 2.05 bits per heavy atom. The largest absolute Gasteiger partial charge is 0.328 e. The monoisotopic (exact) mass is 255 g/mol. The highest BCUT2D eigenvalue weighted by Crippen LogP contribution is 2.36. The number of Topliss-reactive ketones (excluding diaryl/α,β-unsaturated/α-hetero) is 1. The molecule has 0 spiro atoms. The van der Waals surface area contributed by atoms with Crippen LogP contribution in [-0.2, 0) is 9.59 Å². The van der Waals surface area contributed by atoms with Crippen molar-refractivity contribution in [3.05, 3.63) is 41.4 Å². The molecule has 1 aliphatic rings. The van der Waals surface area contributed by atoms with E-state index < -0.39 is 11.8 Å². The Bertz CT molecular complexity index is 599. The van der Waals surface area contributed by atoms with Crippen molar-refractivity contribution in [1.29, 1.82) is 5.26 Å². The number of nitriles is 1. The number of amides is 1. The van der Waals surface area contributed by atoms with Crippen molar-refractivity contribution in [2.24, 2.45) is 5.92 Å². The molecule has 0 fully saturated rings. The number of hydrogen-bond acceptors (Lipinski definition) is 4. The van der Waals surface area contributed by atoms with Gasteiger partial charge in [-0.25, -0.2) is 0 Å². The molecule has 0 bridgehead atoms. The van der Waals surface area contributed by atoms with Gasteiger partial charge in [-0.05, 0) is 31.5 Å². The van der Waals surface area contributed by atoms with Crippen molar-refractivity contribution in [3.8, 4) is 6.07 Å². The summed E-state index contributed by atoms with van der Waals surface area (Å²) in [5.74, 6) is -1.93. The normalized spacial score (nSPS) is 22.7. The molecule has 1 N–H and O–H groups in total. The highest BCUT2D eigenvalue weighted by atomic mass is 16.2. The molecule has 5 nitrogen and oxygen atoms in total. The van der Waals surface area contributed by atoms with Crippen LogP contribution in [-0.4, -0.2) is 16.7 Å². The molecule has 2 heterocycles. The molecule has 1 aromatic heterocycles. The lowest BCUT2D eigenvalue weighted by molar-refractivity contribution is -0.123. The van der Waals surface area contributed by atoms with Gasteiger partial charge in [-0.2, -0.15) is 5.26 Å². The van der Waals surface area contributed by atoms with Gasteiger partial charge in [0.25, 0.3) is 0 Å². The summed E-state index contributed by atoms with van der Waals surface area (Å²) in [5.41, 5.74) is 1.75. The van der Waals surface area contributed by atoms with E-state index in [0.717, 1.165) is 5.56 Å². The Balaban J connectivity index is 2.62. The number of rotatable bonds is 2. The third-order valence-corrected chi connectivity index (χ3v) is 3.23. The van der Waals surface area contributed by atoms with E-state index in [1.54, 1.807) is 31.5 Å². The van der Waals surface area contributed by atoms with Gasteiger partial charge in [-0.1, -0.05) is 0 Å². The van der Waals surface area contributed by atoms with Crippen molar-refractivity contribution in [1.82, 2.24) is 10.3 Å². The predicted octanol–water partition coefficient (Wildman–Crippen LogP) is 1.30. The van der Waals surface area contributed by atoms with E-state index in [0.29, 0.717) is 11.3 Å². The number of pyridine rings is 1. The van der Waals surface area contributed by atoms with Gasteiger partial charge >= 0.3 is 0 Å². The minimum atomic E-state index is -0.898. The Morgan fingerprint density at radius 1 is 1.42 bits per heavy atom. The summed E-state index contributed by atoms with van der Waals surface area (Å²) < 4.78 is 0. The SMILES string of the molecule is CC(=O)C1=C(C)NC(=O)[C@H](C#N)[C@H]1c1ccncc1. The molecule has 96 valence electrons. The summed E-state index contributed by atoms with van der Waals surface area (Å²) in [7, 11) is 0. The molecule has 2 rings (SSSR count). The van der Waals surface area contributed by atoms with Gasteiger partial charge in [0.05, 0.1) is 6.07 Å². The van der Waals surface area contributed by atoms with Crippen LogP contribution in [0.25, 0.3) is 0 Å². The number of nitrogens with zero attached hydrogens (tertiary/aromatic N) is 2. The highest BCUT2D eigenvalue weighted by Gasteiger charge is 2.39. The smallest absolute Gasteiger partial charge is 0.242 e. The zero-order chi connectivity index (χ0) is 14.0. The molecule has 5 heteroatoms. The van der Waals surface area contributed by atoms with Crippen LogP contribution >= 0.6 is 0 Å². The van der Waals surface area contributed by atoms with Crippen molar-refractivity contribution in [2.75, 3.05) is 0 Å². The van der Waals surface area contributed by atoms with Gasteiger partial charge in [0.1, 0.15) is 5.92 Å². The minimum absolute atomic E-state index is 0.139. The molecule has 19 heavy (non-hydrogen) atoms. The predicted molar refractivity (Wildman–Crippen MR) is 67.6 cm³/mol. The summed E-state index contributed by atoms with van der Waals surface area (Å²) in [6, 6.07) is 5.44. The molecular formula is C14H13N3O2. The van der Waals surface area contributed by atoms with Crippen LogP contribution in [0.5, 0.6) is 0 Å². The van der Waals surface area contributed by atoms with E-state index >= 15 is 0 Å². The summed E-state index contributed by atoms with van der Waals surface area (Å²) >= 11 is 0. The molecule has 0 aliphatic carbocycles. The van der Waals surface area contributed by atoms with Crippen LogP contribution in [0.2, 0.25) is 0 Å². The molecule has 0 radical (unpaired) electrons. The number of ketones is 1. The van der Waals surface area contributed by atoms with Crippen LogP contribution in [0.4, 0.5) is 0 Å². The summed E-state index contributed by atoms with van der Waals surface area (Å²) in [4.78, 5) is 27.6. The fourth-order valence-corrected chi connectivity index (χ4v) is 2.43. The van der Waals surface area contributed by atoms with Crippen molar-refractivity contribution in [2.45, 2.75) is 19.8 Å². The van der Waals surface area contributed by atoms with Crippen LogP contribution in [0.3, 0.4) is 0 Å². The second-order valence-electron chi connectivity index (χ2n) is 4.45. The third kappa shape index (κ3) is 2.25. The van der Waals surface area contributed by atoms with Gasteiger partial charge in [0, 0.05) is 29.6 Å². The number of carbonyl (C=O) groups excluding carboxylic acids is 2. The average Bonchev–Trinajstić information content (AvgIpc) is 2.38. The molecule has 0 unspecified atom stereocenters. The summed E-state index contributed by atoms with van der Waals surface area (Å²) in [6.07, 6.45) is 3.17. The van der Waals surface area contributed by atoms with Crippen molar-refractivity contribution < 1.29 is 9.59 Å². The zero-order valence-electron chi connectivity index (χ0n) is 10.7. The first-order valence-electron chi connectivity index (χ1n) is 5.88. The second kappa shape index (κ2) is 5.02. The lowest BCUT2D eigenvalue weighted by Crippen LogP contribution is -2.40. The lowest BCUT2D eigenvalue weighted by atomic mass is 9.76. The Morgan fingerprint density at radius 3 is 2.58 bits per heavy atom. The lowest BCUT2D eigenvalue weighted by Gasteiger charge is -2.29. The Kier molecular flexibility index (Phi) is 3.43. The van der Waals surface area contributed by atoms with Gasteiger partial charge in [-0.15, -0.1) is 0 Å². The maximum absolute atomic E-state index is 11.9. The van der Waals surface area contributed by atoms with Gasteiger partial charge in [0.15, 0.2) is 5.78 Å².